The van der Waals surface area contributed by atoms with Crippen molar-refractivity contribution in [2.75, 3.05) is 5.32 Å². The molecule has 0 fully saturated rings. The van der Waals surface area contributed by atoms with E-state index in [0.717, 1.165) is 18.3 Å². The number of pyridine rings is 1. The van der Waals surface area contributed by atoms with Gasteiger partial charge in [-0.2, -0.15) is 18.3 Å². The zero-order valence-corrected chi connectivity index (χ0v) is 13.7. The van der Waals surface area contributed by atoms with Crippen molar-refractivity contribution in [3.63, 3.8) is 0 Å². The van der Waals surface area contributed by atoms with Crippen LogP contribution in [0.5, 0.6) is 0 Å². The summed E-state index contributed by atoms with van der Waals surface area (Å²) in [5.74, 6) is -0.600. The average Bonchev–Trinajstić information content (AvgIpc) is 3.12. The van der Waals surface area contributed by atoms with Gasteiger partial charge in [-0.15, -0.1) is 0 Å². The van der Waals surface area contributed by atoms with E-state index in [1.54, 1.807) is 0 Å². The summed E-state index contributed by atoms with van der Waals surface area (Å²) in [5.41, 5.74) is -3.97. The molecule has 27 heavy (non-hydrogen) atoms. The Morgan fingerprint density at radius 3 is 2.67 bits per heavy atom. The number of hydrogen-bond acceptors (Lipinski definition) is 4. The summed E-state index contributed by atoms with van der Waals surface area (Å²) in [7, 11) is 0. The number of nitrogens with zero attached hydrogens (tertiary/aromatic N) is 2. The number of nitrogens with one attached hydrogen (secondary N) is 3. The highest BCUT2D eigenvalue weighted by Crippen LogP contribution is 2.55. The molecule has 1 atom stereocenters. The van der Waals surface area contributed by atoms with Gasteiger partial charge in [0.05, 0.1) is 0 Å². The Bertz CT molecular complexity index is 1040. The molecule has 3 aromatic rings. The number of rotatable bonds is 3. The Hall–Kier alpha value is -3.17. The zero-order valence-electron chi connectivity index (χ0n) is 13.7. The quantitative estimate of drug-likeness (QED) is 0.610. The van der Waals surface area contributed by atoms with Crippen LogP contribution in [0.4, 0.5) is 28.9 Å². The number of anilines is 2. The van der Waals surface area contributed by atoms with Gasteiger partial charge in [0.2, 0.25) is 0 Å². The first-order chi connectivity index (χ1) is 12.8. The number of hydrogen-bond donors (Lipinski definition) is 3. The smallest absolute Gasteiger partial charge is 0.351 e. The highest BCUT2D eigenvalue weighted by atomic mass is 19.4. The first-order valence-electron chi connectivity index (χ1n) is 8.03. The Balaban J connectivity index is 1.99. The third-order valence-electron chi connectivity index (χ3n) is 4.79. The standard InChI is InChI=1S/C17H13F4N5O/c18-9-1-2-12-11(7-9)16(17(19,20)21,5-3-13-23-8-24-26-13)10-4-6-22-15(27)14(10)25-12/h1-2,4,6-8,25H,3,5H2,(H,22,27)(H,23,24,26). The normalized spacial score (nSPS) is 18.5. The molecule has 0 spiro atoms. The third-order valence-corrected chi connectivity index (χ3v) is 4.79. The van der Waals surface area contributed by atoms with Gasteiger partial charge in [0.15, 0.2) is 0 Å². The maximum atomic E-state index is 14.5. The predicted molar refractivity (Wildman–Crippen MR) is 88.3 cm³/mol. The number of aromatic nitrogens is 4. The second-order valence-corrected chi connectivity index (χ2v) is 6.23. The van der Waals surface area contributed by atoms with Crippen LogP contribution in [0, 0.1) is 5.82 Å². The topological polar surface area (TPSA) is 86.5 Å². The fourth-order valence-electron chi connectivity index (χ4n) is 3.59. The highest BCUT2D eigenvalue weighted by molar-refractivity contribution is 5.75. The van der Waals surface area contributed by atoms with Crippen molar-refractivity contribution in [1.82, 2.24) is 20.2 Å². The lowest BCUT2D eigenvalue weighted by molar-refractivity contribution is -0.180. The summed E-state index contributed by atoms with van der Waals surface area (Å²) in [4.78, 5) is 18.4. The van der Waals surface area contributed by atoms with Crippen molar-refractivity contribution < 1.29 is 17.6 Å². The van der Waals surface area contributed by atoms with Crippen LogP contribution in [-0.4, -0.2) is 26.3 Å². The number of aryl methyl sites for hydroxylation is 1. The minimum atomic E-state index is -4.80. The van der Waals surface area contributed by atoms with Gasteiger partial charge in [0.1, 0.15) is 29.1 Å². The minimum absolute atomic E-state index is 0.0351. The van der Waals surface area contributed by atoms with E-state index in [9.17, 15) is 22.4 Å². The number of aromatic amines is 2. The van der Waals surface area contributed by atoms with Crippen LogP contribution in [0.1, 0.15) is 23.4 Å². The van der Waals surface area contributed by atoms with E-state index >= 15 is 0 Å². The summed E-state index contributed by atoms with van der Waals surface area (Å²) in [6, 6.07) is 4.30. The second-order valence-electron chi connectivity index (χ2n) is 6.23. The molecule has 1 aliphatic heterocycles. The molecule has 1 aliphatic rings. The predicted octanol–water partition coefficient (Wildman–Crippen LogP) is 3.17. The van der Waals surface area contributed by atoms with Crippen molar-refractivity contribution in [1.29, 1.82) is 0 Å². The fourth-order valence-corrected chi connectivity index (χ4v) is 3.59. The van der Waals surface area contributed by atoms with Crippen molar-refractivity contribution in [3.05, 3.63) is 69.9 Å². The van der Waals surface area contributed by atoms with E-state index < -0.39 is 29.4 Å². The Morgan fingerprint density at radius 1 is 1.15 bits per heavy atom. The molecule has 0 saturated carbocycles. The maximum absolute atomic E-state index is 14.5. The molecule has 1 unspecified atom stereocenters. The van der Waals surface area contributed by atoms with Gasteiger partial charge in [-0.05, 0) is 36.2 Å². The van der Waals surface area contributed by atoms with Crippen LogP contribution in [0.3, 0.4) is 0 Å². The molecule has 3 heterocycles. The molecule has 3 N–H and O–H groups in total. The molecule has 0 amide bonds. The molecular formula is C17H13F4N5O. The summed E-state index contributed by atoms with van der Waals surface area (Å²) in [6.07, 6.45) is -2.98. The van der Waals surface area contributed by atoms with E-state index in [-0.39, 0.29) is 34.7 Å². The largest absolute Gasteiger partial charge is 0.402 e. The number of H-pyrrole nitrogens is 2. The zero-order chi connectivity index (χ0) is 19.2. The monoisotopic (exact) mass is 379 g/mol. The molecule has 0 radical (unpaired) electrons. The number of benzene rings is 1. The van der Waals surface area contributed by atoms with E-state index in [2.05, 4.69) is 25.5 Å². The SMILES string of the molecule is O=c1[nH]ccc2c1Nc1ccc(F)cc1C2(CCc1nc[nH]n1)C(F)(F)F. The van der Waals surface area contributed by atoms with Crippen molar-refractivity contribution in [3.8, 4) is 0 Å². The van der Waals surface area contributed by atoms with Crippen LogP contribution < -0.4 is 10.9 Å². The van der Waals surface area contributed by atoms with Crippen LogP contribution >= 0.6 is 0 Å². The van der Waals surface area contributed by atoms with Gasteiger partial charge in [-0.25, -0.2) is 9.37 Å². The molecule has 140 valence electrons. The van der Waals surface area contributed by atoms with Crippen LogP contribution in [0.15, 0.2) is 41.6 Å². The molecule has 4 rings (SSSR count). The molecule has 2 aromatic heterocycles. The molecule has 1 aromatic carbocycles. The third kappa shape index (κ3) is 2.59. The first-order valence-corrected chi connectivity index (χ1v) is 8.03. The Kier molecular flexibility index (Phi) is 3.79. The minimum Gasteiger partial charge on any atom is -0.351 e. The molecule has 10 heteroatoms. The summed E-state index contributed by atoms with van der Waals surface area (Å²) >= 11 is 0. The average molecular weight is 379 g/mol. The lowest BCUT2D eigenvalue weighted by Crippen LogP contribution is -2.47. The second kappa shape index (κ2) is 5.93. The van der Waals surface area contributed by atoms with Gasteiger partial charge < -0.3 is 10.3 Å². The molecule has 0 saturated heterocycles. The van der Waals surface area contributed by atoms with Crippen molar-refractivity contribution in [2.24, 2.45) is 0 Å². The summed E-state index contributed by atoms with van der Waals surface area (Å²) < 4.78 is 57.5. The summed E-state index contributed by atoms with van der Waals surface area (Å²) in [6.45, 7) is 0. The van der Waals surface area contributed by atoms with Crippen molar-refractivity contribution in [2.45, 2.75) is 24.4 Å². The molecular weight excluding hydrogens is 366 g/mol. The van der Waals surface area contributed by atoms with Gasteiger partial charge in [0.25, 0.3) is 5.56 Å². The van der Waals surface area contributed by atoms with Crippen LogP contribution in [0.2, 0.25) is 0 Å². The highest BCUT2D eigenvalue weighted by Gasteiger charge is 2.60. The van der Waals surface area contributed by atoms with E-state index in [1.807, 2.05) is 0 Å². The number of halogens is 4. The molecule has 0 bridgehead atoms. The van der Waals surface area contributed by atoms with Gasteiger partial charge in [-0.1, -0.05) is 0 Å². The van der Waals surface area contributed by atoms with Gasteiger partial charge in [-0.3, -0.25) is 9.89 Å². The van der Waals surface area contributed by atoms with E-state index in [1.165, 1.54) is 18.5 Å². The van der Waals surface area contributed by atoms with E-state index in [0.29, 0.717) is 0 Å². The van der Waals surface area contributed by atoms with Crippen LogP contribution in [-0.2, 0) is 11.8 Å². The van der Waals surface area contributed by atoms with Crippen LogP contribution in [0.25, 0.3) is 0 Å². The Labute approximate surface area is 149 Å². The fraction of sp³-hybridized carbons (Fsp3) is 0.235. The summed E-state index contributed by atoms with van der Waals surface area (Å²) in [5, 5.41) is 8.96. The van der Waals surface area contributed by atoms with Gasteiger partial charge >= 0.3 is 6.18 Å². The maximum Gasteiger partial charge on any atom is 0.402 e. The van der Waals surface area contributed by atoms with Gasteiger partial charge in [0, 0.05) is 23.9 Å². The number of alkyl halides is 3. The van der Waals surface area contributed by atoms with Crippen molar-refractivity contribution >= 4 is 11.4 Å². The number of fused-ring (bicyclic) bond motifs is 2. The lowest BCUT2D eigenvalue weighted by atomic mass is 9.68. The molecule has 6 nitrogen and oxygen atoms in total. The first kappa shape index (κ1) is 17.3. The van der Waals surface area contributed by atoms with E-state index in [4.69, 9.17) is 0 Å². The Morgan fingerprint density at radius 2 is 1.96 bits per heavy atom. The molecule has 0 aliphatic carbocycles. The lowest BCUT2D eigenvalue weighted by Gasteiger charge is -2.41.